The Balaban J connectivity index is 2.65. The number of esters is 1. The first kappa shape index (κ1) is 17.8. The third-order valence-corrected chi connectivity index (χ3v) is 2.96. The summed E-state index contributed by atoms with van der Waals surface area (Å²) in [6, 6.07) is 6.71. The fourth-order valence-corrected chi connectivity index (χ4v) is 1.60. The number of hydrogen-bond donors (Lipinski definition) is 1. The molecule has 22 heavy (non-hydrogen) atoms. The molecular weight excluding hydrogens is 303 g/mol. The van der Waals surface area contributed by atoms with E-state index in [0.717, 1.165) is 14.0 Å². The number of halogens is 3. The minimum absolute atomic E-state index is 0.124. The zero-order valence-electron chi connectivity index (χ0n) is 12.0. The van der Waals surface area contributed by atoms with Gasteiger partial charge in [-0.05, 0) is 5.56 Å². The second-order valence-corrected chi connectivity index (χ2v) is 4.54. The molecule has 8 heteroatoms. The van der Waals surface area contributed by atoms with Crippen LogP contribution in [0.15, 0.2) is 30.3 Å². The lowest BCUT2D eigenvalue weighted by Gasteiger charge is -2.24. The van der Waals surface area contributed by atoms with Crippen LogP contribution in [-0.2, 0) is 20.9 Å². The maximum absolute atomic E-state index is 12.7. The van der Waals surface area contributed by atoms with Gasteiger partial charge in [0.05, 0.1) is 13.0 Å². The number of nitrogens with one attached hydrogen (secondary N) is 1. The molecule has 1 aromatic rings. The summed E-state index contributed by atoms with van der Waals surface area (Å²) in [5.74, 6) is -3.30. The van der Waals surface area contributed by atoms with Crippen molar-refractivity contribution in [3.8, 4) is 0 Å². The summed E-state index contributed by atoms with van der Waals surface area (Å²) in [7, 11) is 0.940. The zero-order chi connectivity index (χ0) is 16.8. The van der Waals surface area contributed by atoms with Gasteiger partial charge in [0.1, 0.15) is 12.6 Å². The molecule has 0 bridgehead atoms. The van der Waals surface area contributed by atoms with Crippen LogP contribution in [0.25, 0.3) is 0 Å². The molecule has 0 aliphatic carbocycles. The minimum atomic E-state index is -4.66. The van der Waals surface area contributed by atoms with Gasteiger partial charge in [-0.2, -0.15) is 13.2 Å². The van der Waals surface area contributed by atoms with Crippen molar-refractivity contribution in [2.45, 2.75) is 25.7 Å². The first-order chi connectivity index (χ1) is 10.3. The zero-order valence-corrected chi connectivity index (χ0v) is 12.0. The largest absolute Gasteiger partial charge is 0.467 e. The molecule has 1 amide bonds. The topological polar surface area (TPSA) is 64.6 Å². The second-order valence-electron chi connectivity index (χ2n) is 4.54. The summed E-state index contributed by atoms with van der Waals surface area (Å²) < 4.78 is 47.2. The monoisotopic (exact) mass is 319 g/mol. The molecule has 2 atom stereocenters. The highest BCUT2D eigenvalue weighted by molar-refractivity contribution is 5.81. The average molecular weight is 319 g/mol. The Bertz CT molecular complexity index is 505. The third kappa shape index (κ3) is 5.27. The number of carbonyl (C=O) groups is 2. The molecule has 0 heterocycles. The average Bonchev–Trinajstić information content (AvgIpc) is 2.49. The molecule has 1 aromatic carbocycles. The van der Waals surface area contributed by atoms with E-state index in [1.165, 1.54) is 0 Å². The van der Waals surface area contributed by atoms with Crippen molar-refractivity contribution >= 4 is 12.1 Å². The molecule has 0 saturated heterocycles. The summed E-state index contributed by atoms with van der Waals surface area (Å²) in [6.07, 6.45) is -5.79. The lowest BCUT2D eigenvalue weighted by molar-refractivity contribution is -0.185. The molecule has 122 valence electrons. The Morgan fingerprint density at radius 2 is 1.82 bits per heavy atom. The number of rotatable bonds is 5. The van der Waals surface area contributed by atoms with Crippen LogP contribution in [0.3, 0.4) is 0 Å². The first-order valence-corrected chi connectivity index (χ1v) is 6.37. The number of carbonyl (C=O) groups excluding carboxylic acids is 2. The number of alkyl carbamates (subject to hydrolysis) is 1. The molecular formula is C14H16F3NO4. The molecule has 0 aromatic heterocycles. The van der Waals surface area contributed by atoms with Crippen LogP contribution in [0.2, 0.25) is 0 Å². The van der Waals surface area contributed by atoms with Gasteiger partial charge < -0.3 is 14.8 Å². The van der Waals surface area contributed by atoms with Gasteiger partial charge in [-0.3, -0.25) is 0 Å². The van der Waals surface area contributed by atoms with E-state index in [-0.39, 0.29) is 6.61 Å². The predicted molar refractivity (Wildman–Crippen MR) is 70.8 cm³/mol. The molecule has 0 aliphatic rings. The van der Waals surface area contributed by atoms with Crippen LogP contribution in [0.5, 0.6) is 0 Å². The number of amides is 1. The van der Waals surface area contributed by atoms with Gasteiger partial charge in [-0.15, -0.1) is 0 Å². The van der Waals surface area contributed by atoms with Crippen molar-refractivity contribution in [3.63, 3.8) is 0 Å². The van der Waals surface area contributed by atoms with Crippen molar-refractivity contribution in [2.75, 3.05) is 7.11 Å². The van der Waals surface area contributed by atoms with Gasteiger partial charge in [-0.25, -0.2) is 9.59 Å². The van der Waals surface area contributed by atoms with Gasteiger partial charge in [0, 0.05) is 0 Å². The number of methoxy groups -OCH3 is 1. The van der Waals surface area contributed by atoms with E-state index >= 15 is 0 Å². The van der Waals surface area contributed by atoms with Crippen molar-refractivity contribution in [1.29, 1.82) is 0 Å². The van der Waals surface area contributed by atoms with Crippen molar-refractivity contribution in [1.82, 2.24) is 5.32 Å². The smallest absolute Gasteiger partial charge is 0.408 e. The summed E-state index contributed by atoms with van der Waals surface area (Å²) in [5.41, 5.74) is 0.663. The minimum Gasteiger partial charge on any atom is -0.467 e. The van der Waals surface area contributed by atoms with Crippen LogP contribution in [0.1, 0.15) is 12.5 Å². The Kier molecular flexibility index (Phi) is 6.21. The number of alkyl halides is 3. The molecule has 0 aliphatic heterocycles. The van der Waals surface area contributed by atoms with Gasteiger partial charge >= 0.3 is 18.2 Å². The van der Waals surface area contributed by atoms with Crippen LogP contribution in [0, 0.1) is 5.92 Å². The van der Waals surface area contributed by atoms with Crippen LogP contribution < -0.4 is 5.32 Å². The van der Waals surface area contributed by atoms with E-state index in [1.807, 2.05) is 5.32 Å². The number of ether oxygens (including phenoxy) is 2. The molecule has 0 fully saturated rings. The van der Waals surface area contributed by atoms with E-state index in [4.69, 9.17) is 4.74 Å². The quantitative estimate of drug-likeness (QED) is 0.848. The summed E-state index contributed by atoms with van der Waals surface area (Å²) in [5, 5.41) is 1.89. The van der Waals surface area contributed by atoms with Gasteiger partial charge in [0.15, 0.2) is 0 Å². The molecule has 0 spiro atoms. The highest BCUT2D eigenvalue weighted by Crippen LogP contribution is 2.28. The number of hydrogen-bond acceptors (Lipinski definition) is 4. The van der Waals surface area contributed by atoms with E-state index < -0.39 is 30.2 Å². The maximum Gasteiger partial charge on any atom is 0.408 e. The van der Waals surface area contributed by atoms with Crippen LogP contribution >= 0.6 is 0 Å². The Morgan fingerprint density at radius 3 is 2.32 bits per heavy atom. The lowest BCUT2D eigenvalue weighted by Crippen LogP contribution is -2.50. The second kappa shape index (κ2) is 7.67. The standard InChI is InChI=1S/C14H16F3NO4/c1-9(14(15,16)17)11(12(19)21-2)18-13(20)22-8-10-6-4-3-5-7-10/h3-7,9,11H,8H2,1-2H3,(H,18,20). The first-order valence-electron chi connectivity index (χ1n) is 6.37. The predicted octanol–water partition coefficient (Wildman–Crippen LogP) is 2.65. The normalized spacial score (nSPS) is 13.9. The maximum atomic E-state index is 12.7. The lowest BCUT2D eigenvalue weighted by atomic mass is 10.0. The van der Waals surface area contributed by atoms with Gasteiger partial charge in [0.25, 0.3) is 0 Å². The summed E-state index contributed by atoms with van der Waals surface area (Å²) >= 11 is 0. The Labute approximate surface area is 125 Å². The molecule has 0 saturated carbocycles. The van der Waals surface area contributed by atoms with E-state index in [0.29, 0.717) is 5.56 Å². The number of benzene rings is 1. The Hall–Kier alpha value is -2.25. The van der Waals surface area contributed by atoms with Gasteiger partial charge in [0.2, 0.25) is 0 Å². The fourth-order valence-electron chi connectivity index (χ4n) is 1.60. The van der Waals surface area contributed by atoms with E-state index in [9.17, 15) is 22.8 Å². The SMILES string of the molecule is COC(=O)C(NC(=O)OCc1ccccc1)C(C)C(F)(F)F. The van der Waals surface area contributed by atoms with E-state index in [2.05, 4.69) is 4.74 Å². The Morgan fingerprint density at radius 1 is 1.23 bits per heavy atom. The molecule has 1 N–H and O–H groups in total. The third-order valence-electron chi connectivity index (χ3n) is 2.96. The summed E-state index contributed by atoms with van der Waals surface area (Å²) in [6.45, 7) is 0.653. The van der Waals surface area contributed by atoms with Gasteiger partial charge in [-0.1, -0.05) is 37.3 Å². The van der Waals surface area contributed by atoms with Crippen LogP contribution in [0.4, 0.5) is 18.0 Å². The van der Waals surface area contributed by atoms with Crippen molar-refractivity contribution < 1.29 is 32.2 Å². The van der Waals surface area contributed by atoms with Crippen LogP contribution in [-0.4, -0.2) is 31.4 Å². The highest BCUT2D eigenvalue weighted by atomic mass is 19.4. The molecule has 1 rings (SSSR count). The van der Waals surface area contributed by atoms with Crippen molar-refractivity contribution in [3.05, 3.63) is 35.9 Å². The fraction of sp³-hybridized carbons (Fsp3) is 0.429. The molecule has 5 nitrogen and oxygen atoms in total. The highest BCUT2D eigenvalue weighted by Gasteiger charge is 2.45. The van der Waals surface area contributed by atoms with E-state index in [1.54, 1.807) is 30.3 Å². The van der Waals surface area contributed by atoms with Crippen molar-refractivity contribution in [2.24, 2.45) is 5.92 Å². The molecule has 0 radical (unpaired) electrons. The summed E-state index contributed by atoms with van der Waals surface area (Å²) in [4.78, 5) is 23.0. The molecule has 2 unspecified atom stereocenters.